The van der Waals surface area contributed by atoms with Gasteiger partial charge in [-0.05, 0) is 56.5 Å². The molecule has 1 atom stereocenters. The van der Waals surface area contributed by atoms with Crippen molar-refractivity contribution in [2.75, 3.05) is 37.6 Å². The molecule has 2 aliphatic heterocycles. The zero-order chi connectivity index (χ0) is 24.2. The number of amides is 1. The Bertz CT molecular complexity index is 1090. The van der Waals surface area contributed by atoms with Crippen LogP contribution in [-0.2, 0) is 0 Å². The van der Waals surface area contributed by atoms with Gasteiger partial charge in [0.05, 0.1) is 16.7 Å². The van der Waals surface area contributed by atoms with Crippen molar-refractivity contribution in [2.45, 2.75) is 45.2 Å². The van der Waals surface area contributed by atoms with Crippen LogP contribution in [0.4, 0.5) is 5.82 Å². The first-order valence-corrected chi connectivity index (χ1v) is 12.3. The number of likely N-dealkylation sites (tertiary alicyclic amines) is 1. The molecule has 0 bridgehead atoms. The van der Waals surface area contributed by atoms with Crippen molar-refractivity contribution in [3.8, 4) is 6.07 Å². The smallest absolute Gasteiger partial charge is 0.253 e. The van der Waals surface area contributed by atoms with Gasteiger partial charge in [-0.3, -0.25) is 14.5 Å². The molecule has 1 amide bonds. The number of carbonyl (C=O) groups excluding carboxylic acids is 2. The van der Waals surface area contributed by atoms with Crippen LogP contribution in [-0.4, -0.2) is 71.3 Å². The summed E-state index contributed by atoms with van der Waals surface area (Å²) < 4.78 is 0. The summed E-state index contributed by atoms with van der Waals surface area (Å²) in [5, 5.41) is 9.48. The van der Waals surface area contributed by atoms with E-state index in [0.29, 0.717) is 33.8 Å². The van der Waals surface area contributed by atoms with Crippen molar-refractivity contribution >= 4 is 29.1 Å². The Hall–Kier alpha value is -2.95. The number of halogens is 1. The van der Waals surface area contributed by atoms with Crippen LogP contribution in [0.25, 0.3) is 0 Å². The van der Waals surface area contributed by atoms with Gasteiger partial charge in [0, 0.05) is 62.1 Å². The van der Waals surface area contributed by atoms with Crippen molar-refractivity contribution in [3.05, 3.63) is 58.2 Å². The van der Waals surface area contributed by atoms with Crippen molar-refractivity contribution in [2.24, 2.45) is 0 Å². The van der Waals surface area contributed by atoms with Gasteiger partial charge in [0.1, 0.15) is 5.82 Å². The standard InChI is InChI=1S/C26H30ClN5O2/c1-3-22-17-31(25-24(27)14-21(16-29-25)18(2)33)12-13-32(22)23-8-10-30(11-9-23)26(34)20-6-4-19(15-28)5-7-20/h4-7,14,16,22-23H,3,8-13,17H2,1-2H3. The number of Topliss-reactive ketones (excluding diaryl/α,β-unsaturated/α-hetero) is 1. The summed E-state index contributed by atoms with van der Waals surface area (Å²) in [6.07, 6.45) is 4.52. The van der Waals surface area contributed by atoms with Crippen LogP contribution >= 0.6 is 11.6 Å². The Morgan fingerprint density at radius 3 is 2.41 bits per heavy atom. The number of hydrogen-bond acceptors (Lipinski definition) is 6. The third-order valence-corrected chi connectivity index (χ3v) is 7.29. The molecule has 4 rings (SSSR count). The summed E-state index contributed by atoms with van der Waals surface area (Å²) in [4.78, 5) is 35.7. The Kier molecular flexibility index (Phi) is 7.50. The summed E-state index contributed by atoms with van der Waals surface area (Å²) in [7, 11) is 0. The van der Waals surface area contributed by atoms with E-state index in [1.54, 1.807) is 36.5 Å². The largest absolute Gasteiger partial charge is 0.353 e. The molecule has 2 fully saturated rings. The van der Waals surface area contributed by atoms with Crippen LogP contribution < -0.4 is 4.90 Å². The van der Waals surface area contributed by atoms with E-state index in [2.05, 4.69) is 27.8 Å². The number of anilines is 1. The van der Waals surface area contributed by atoms with E-state index >= 15 is 0 Å². The molecule has 2 saturated heterocycles. The van der Waals surface area contributed by atoms with E-state index in [0.717, 1.165) is 57.8 Å². The van der Waals surface area contributed by atoms with E-state index in [9.17, 15) is 9.59 Å². The fraction of sp³-hybridized carbons (Fsp3) is 0.462. The number of hydrogen-bond donors (Lipinski definition) is 0. The van der Waals surface area contributed by atoms with Gasteiger partial charge in [-0.1, -0.05) is 18.5 Å². The number of piperazine rings is 1. The first kappa shape index (κ1) is 24.2. The van der Waals surface area contributed by atoms with Crippen LogP contribution in [0, 0.1) is 11.3 Å². The molecule has 1 aromatic carbocycles. The number of piperidine rings is 1. The van der Waals surface area contributed by atoms with Crippen molar-refractivity contribution in [3.63, 3.8) is 0 Å². The summed E-state index contributed by atoms with van der Waals surface area (Å²) in [6.45, 7) is 7.78. The molecule has 7 nitrogen and oxygen atoms in total. The average Bonchev–Trinajstić information content (AvgIpc) is 2.88. The number of benzene rings is 1. The minimum atomic E-state index is -0.0405. The van der Waals surface area contributed by atoms with E-state index in [1.165, 1.54) is 6.92 Å². The molecule has 0 saturated carbocycles. The van der Waals surface area contributed by atoms with Gasteiger partial charge in [0.2, 0.25) is 0 Å². The Labute approximate surface area is 205 Å². The zero-order valence-corrected chi connectivity index (χ0v) is 20.5. The predicted octanol–water partition coefficient (Wildman–Crippen LogP) is 4.01. The van der Waals surface area contributed by atoms with Gasteiger partial charge in [-0.25, -0.2) is 4.98 Å². The van der Waals surface area contributed by atoms with E-state index < -0.39 is 0 Å². The molecule has 2 aromatic rings. The Morgan fingerprint density at radius 2 is 1.82 bits per heavy atom. The topological polar surface area (TPSA) is 80.5 Å². The molecule has 0 radical (unpaired) electrons. The van der Waals surface area contributed by atoms with Crippen molar-refractivity contribution < 1.29 is 9.59 Å². The highest BCUT2D eigenvalue weighted by Crippen LogP contribution is 2.30. The van der Waals surface area contributed by atoms with Gasteiger partial charge in [0.15, 0.2) is 5.78 Å². The molecule has 1 aromatic heterocycles. The number of rotatable bonds is 5. The maximum absolute atomic E-state index is 12.9. The molecule has 8 heteroatoms. The second-order valence-electron chi connectivity index (χ2n) is 9.04. The predicted molar refractivity (Wildman–Crippen MR) is 132 cm³/mol. The minimum absolute atomic E-state index is 0.0366. The number of nitrogens with zero attached hydrogens (tertiary/aromatic N) is 5. The minimum Gasteiger partial charge on any atom is -0.353 e. The highest BCUT2D eigenvalue weighted by molar-refractivity contribution is 6.33. The fourth-order valence-electron chi connectivity index (χ4n) is 5.03. The van der Waals surface area contributed by atoms with Gasteiger partial charge >= 0.3 is 0 Å². The summed E-state index contributed by atoms with van der Waals surface area (Å²) in [5.74, 6) is 0.739. The lowest BCUT2D eigenvalue weighted by Crippen LogP contribution is -2.58. The van der Waals surface area contributed by atoms with E-state index in [-0.39, 0.29) is 11.7 Å². The third-order valence-electron chi connectivity index (χ3n) is 7.01. The van der Waals surface area contributed by atoms with Gasteiger partial charge in [-0.15, -0.1) is 0 Å². The Balaban J connectivity index is 1.36. The first-order chi connectivity index (χ1) is 16.4. The van der Waals surface area contributed by atoms with Crippen molar-refractivity contribution in [1.29, 1.82) is 5.26 Å². The second-order valence-corrected chi connectivity index (χ2v) is 9.45. The average molecular weight is 480 g/mol. The molecule has 178 valence electrons. The highest BCUT2D eigenvalue weighted by atomic mass is 35.5. The Morgan fingerprint density at radius 1 is 1.12 bits per heavy atom. The lowest BCUT2D eigenvalue weighted by Gasteiger charge is -2.47. The maximum atomic E-state index is 12.9. The molecular formula is C26H30ClN5O2. The third kappa shape index (κ3) is 5.08. The van der Waals surface area contributed by atoms with Crippen LogP contribution in [0.15, 0.2) is 36.5 Å². The number of pyridine rings is 1. The fourth-order valence-corrected chi connectivity index (χ4v) is 5.32. The van der Waals surface area contributed by atoms with Gasteiger partial charge in [-0.2, -0.15) is 5.26 Å². The van der Waals surface area contributed by atoms with Crippen LogP contribution in [0.3, 0.4) is 0 Å². The normalized spacial score (nSPS) is 19.6. The number of carbonyl (C=O) groups is 2. The van der Waals surface area contributed by atoms with Gasteiger partial charge < -0.3 is 9.80 Å². The molecule has 3 heterocycles. The van der Waals surface area contributed by atoms with E-state index in [4.69, 9.17) is 16.9 Å². The zero-order valence-electron chi connectivity index (χ0n) is 19.7. The summed E-state index contributed by atoms with van der Waals surface area (Å²) in [5.41, 5.74) is 1.73. The molecule has 34 heavy (non-hydrogen) atoms. The van der Waals surface area contributed by atoms with Crippen LogP contribution in [0.2, 0.25) is 5.02 Å². The molecule has 2 aliphatic rings. The molecule has 0 spiro atoms. The summed E-state index contributed by atoms with van der Waals surface area (Å²) >= 11 is 6.47. The van der Waals surface area contributed by atoms with Crippen LogP contribution in [0.1, 0.15) is 59.4 Å². The van der Waals surface area contributed by atoms with E-state index in [1.807, 2.05) is 4.90 Å². The SMILES string of the molecule is CCC1CN(c2ncc(C(C)=O)cc2Cl)CCN1C1CCN(C(=O)c2ccc(C#N)cc2)CC1. The number of ketones is 1. The summed E-state index contributed by atoms with van der Waals surface area (Å²) in [6, 6.07) is 11.5. The molecule has 0 N–H and O–H groups in total. The second kappa shape index (κ2) is 10.5. The number of aromatic nitrogens is 1. The van der Waals surface area contributed by atoms with Gasteiger partial charge in [0.25, 0.3) is 5.91 Å². The number of nitriles is 1. The molecular weight excluding hydrogens is 450 g/mol. The monoisotopic (exact) mass is 479 g/mol. The lowest BCUT2D eigenvalue weighted by atomic mass is 9.97. The van der Waals surface area contributed by atoms with Crippen molar-refractivity contribution in [1.82, 2.24) is 14.8 Å². The molecule has 1 unspecified atom stereocenters. The quantitative estimate of drug-likeness (QED) is 0.602. The van der Waals surface area contributed by atoms with Crippen LogP contribution in [0.5, 0.6) is 0 Å². The molecule has 0 aliphatic carbocycles. The highest BCUT2D eigenvalue weighted by Gasteiger charge is 2.34. The lowest BCUT2D eigenvalue weighted by molar-refractivity contribution is 0.0490. The maximum Gasteiger partial charge on any atom is 0.253 e. The first-order valence-electron chi connectivity index (χ1n) is 11.9.